The highest BCUT2D eigenvalue weighted by atomic mass is 32.2. The Kier molecular flexibility index (Phi) is 2.99. The predicted molar refractivity (Wildman–Crippen MR) is 48.3 cm³/mol. The number of nitriles is 1. The molecule has 0 saturated heterocycles. The molecule has 0 saturated carbocycles. The third-order valence-corrected chi connectivity index (χ3v) is 2.89. The highest BCUT2D eigenvalue weighted by Gasteiger charge is 2.09. The fourth-order valence-corrected chi connectivity index (χ4v) is 1.74. The van der Waals surface area contributed by atoms with Gasteiger partial charge in [-0.15, -0.1) is 0 Å². The maximum absolute atomic E-state index is 12.5. The quantitative estimate of drug-likeness (QED) is 0.552. The van der Waals surface area contributed by atoms with Crippen LogP contribution in [0.3, 0.4) is 0 Å². The molecule has 0 amide bonds. The van der Waals surface area contributed by atoms with E-state index in [2.05, 4.69) is 0 Å². The van der Waals surface area contributed by atoms with Crippen molar-refractivity contribution in [2.75, 3.05) is 0 Å². The molecule has 14 heavy (non-hydrogen) atoms. The second kappa shape index (κ2) is 4.03. The van der Waals surface area contributed by atoms with E-state index in [1.165, 1.54) is 0 Å². The van der Waals surface area contributed by atoms with Gasteiger partial charge >= 0.3 is 0 Å². The first kappa shape index (κ1) is 10.4. The Morgan fingerprint density at radius 1 is 1.29 bits per heavy atom. The topological polar surface area (TPSA) is 57.9 Å². The van der Waals surface area contributed by atoms with Gasteiger partial charge in [0.1, 0.15) is 5.82 Å². The summed E-state index contributed by atoms with van der Waals surface area (Å²) in [5, 5.41) is 8.94. The maximum atomic E-state index is 12.5. The second-order valence-electron chi connectivity index (χ2n) is 2.43. The van der Waals surface area contributed by atoms with E-state index < -0.39 is 15.7 Å². The lowest BCUT2D eigenvalue weighted by Gasteiger charge is -1.96. The van der Waals surface area contributed by atoms with Crippen LogP contribution in [-0.4, -0.2) is 8.42 Å². The van der Waals surface area contributed by atoms with Crippen LogP contribution in [0.25, 0.3) is 0 Å². The SMILES string of the molecule is N#CC=CS(=O)(=O)c1ccc(F)cc1. The van der Waals surface area contributed by atoms with Gasteiger partial charge < -0.3 is 0 Å². The minimum absolute atomic E-state index is 0.0367. The predicted octanol–water partition coefficient (Wildman–Crippen LogP) is 1.64. The lowest BCUT2D eigenvalue weighted by molar-refractivity contribution is 0.603. The summed E-state index contributed by atoms with van der Waals surface area (Å²) >= 11 is 0. The Bertz CT molecular complexity index is 483. The van der Waals surface area contributed by atoms with Crippen LogP contribution in [0.2, 0.25) is 0 Å². The van der Waals surface area contributed by atoms with E-state index in [1.807, 2.05) is 0 Å². The molecule has 1 aromatic carbocycles. The molecule has 1 rings (SSSR count). The molecular weight excluding hydrogens is 205 g/mol. The monoisotopic (exact) mass is 211 g/mol. The van der Waals surface area contributed by atoms with Gasteiger partial charge in [-0.3, -0.25) is 0 Å². The third kappa shape index (κ3) is 2.41. The van der Waals surface area contributed by atoms with E-state index >= 15 is 0 Å². The Hall–Kier alpha value is -1.67. The van der Waals surface area contributed by atoms with Crippen LogP contribution in [0.1, 0.15) is 0 Å². The van der Waals surface area contributed by atoms with Gasteiger partial charge in [0, 0.05) is 11.5 Å². The Morgan fingerprint density at radius 2 is 1.86 bits per heavy atom. The van der Waals surface area contributed by atoms with Crippen LogP contribution >= 0.6 is 0 Å². The highest BCUT2D eigenvalue weighted by molar-refractivity contribution is 7.94. The molecule has 0 atom stereocenters. The number of hydrogen-bond acceptors (Lipinski definition) is 3. The average Bonchev–Trinajstić information content (AvgIpc) is 2.16. The van der Waals surface area contributed by atoms with E-state index in [0.29, 0.717) is 0 Å². The standard InChI is InChI=1S/C9H6FNO2S/c10-8-2-4-9(5-3-8)14(12,13)7-1-6-11/h1-5,7H. The van der Waals surface area contributed by atoms with Crippen LogP contribution in [0.5, 0.6) is 0 Å². The summed E-state index contributed by atoms with van der Waals surface area (Å²) in [4.78, 5) is -0.0367. The molecule has 0 heterocycles. The molecule has 0 unspecified atom stereocenters. The number of nitrogens with zero attached hydrogens (tertiary/aromatic N) is 1. The van der Waals surface area contributed by atoms with Crippen molar-refractivity contribution in [1.82, 2.24) is 0 Å². The van der Waals surface area contributed by atoms with Crippen molar-refractivity contribution in [3.8, 4) is 6.07 Å². The van der Waals surface area contributed by atoms with Crippen LogP contribution in [0, 0.1) is 17.1 Å². The smallest absolute Gasteiger partial charge is 0.200 e. The van der Waals surface area contributed by atoms with E-state index in [0.717, 1.165) is 35.7 Å². The summed E-state index contributed by atoms with van der Waals surface area (Å²) in [5.74, 6) is -0.506. The van der Waals surface area contributed by atoms with Gasteiger partial charge in [-0.25, -0.2) is 12.8 Å². The van der Waals surface area contributed by atoms with Gasteiger partial charge in [-0.2, -0.15) is 5.26 Å². The first-order valence-electron chi connectivity index (χ1n) is 3.63. The summed E-state index contributed by atoms with van der Waals surface area (Å²) in [5.41, 5.74) is 0. The Labute approximate surface area is 81.0 Å². The normalized spacial score (nSPS) is 11.4. The summed E-state index contributed by atoms with van der Waals surface area (Å²) in [6.07, 6.45) is 0.860. The molecule has 0 fully saturated rings. The number of hydrogen-bond donors (Lipinski definition) is 0. The van der Waals surface area contributed by atoms with Gasteiger partial charge in [0.15, 0.2) is 0 Å². The van der Waals surface area contributed by atoms with Gasteiger partial charge in [0.2, 0.25) is 9.84 Å². The Balaban J connectivity index is 3.13. The number of halogens is 1. The Morgan fingerprint density at radius 3 is 2.36 bits per heavy atom. The third-order valence-electron chi connectivity index (χ3n) is 1.46. The number of rotatable bonds is 2. The van der Waals surface area contributed by atoms with Gasteiger partial charge in [-0.05, 0) is 24.3 Å². The lowest BCUT2D eigenvalue weighted by atomic mass is 10.4. The van der Waals surface area contributed by atoms with Gasteiger partial charge in [-0.1, -0.05) is 0 Å². The van der Waals surface area contributed by atoms with E-state index in [9.17, 15) is 12.8 Å². The first-order valence-corrected chi connectivity index (χ1v) is 5.18. The van der Waals surface area contributed by atoms with Crippen molar-refractivity contribution in [2.45, 2.75) is 4.90 Å². The molecule has 5 heteroatoms. The fourth-order valence-electron chi connectivity index (χ4n) is 0.823. The molecule has 0 aliphatic rings. The first-order chi connectivity index (χ1) is 6.56. The van der Waals surface area contributed by atoms with Crippen molar-refractivity contribution < 1.29 is 12.8 Å². The average molecular weight is 211 g/mol. The van der Waals surface area contributed by atoms with Gasteiger partial charge in [0.25, 0.3) is 0 Å². The molecule has 0 bridgehead atoms. The largest absolute Gasteiger partial charge is 0.219 e. The second-order valence-corrected chi connectivity index (χ2v) is 4.26. The zero-order chi connectivity index (χ0) is 10.6. The van der Waals surface area contributed by atoms with E-state index in [-0.39, 0.29) is 4.90 Å². The van der Waals surface area contributed by atoms with Crippen molar-refractivity contribution in [3.63, 3.8) is 0 Å². The molecule has 0 aromatic heterocycles. The molecule has 1 aromatic rings. The zero-order valence-electron chi connectivity index (χ0n) is 7.01. The van der Waals surface area contributed by atoms with Crippen molar-refractivity contribution in [2.24, 2.45) is 0 Å². The molecule has 0 radical (unpaired) electrons. The van der Waals surface area contributed by atoms with E-state index in [4.69, 9.17) is 5.26 Å². The fraction of sp³-hybridized carbons (Fsp3) is 0. The molecule has 3 nitrogen and oxygen atoms in total. The molecule has 0 aliphatic heterocycles. The van der Waals surface area contributed by atoms with Crippen molar-refractivity contribution in [1.29, 1.82) is 5.26 Å². The van der Waals surface area contributed by atoms with Gasteiger partial charge in [0.05, 0.1) is 11.0 Å². The number of benzene rings is 1. The molecule has 0 aliphatic carbocycles. The summed E-state index contributed by atoms with van der Waals surface area (Å²) in [7, 11) is -3.61. The van der Waals surface area contributed by atoms with Crippen LogP contribution in [0.15, 0.2) is 40.6 Å². The highest BCUT2D eigenvalue weighted by Crippen LogP contribution is 2.12. The number of sulfone groups is 1. The minimum Gasteiger partial charge on any atom is -0.219 e. The van der Waals surface area contributed by atoms with Crippen molar-refractivity contribution >= 4 is 9.84 Å². The molecular formula is C9H6FNO2S. The van der Waals surface area contributed by atoms with Crippen molar-refractivity contribution in [3.05, 3.63) is 41.6 Å². The minimum atomic E-state index is -3.61. The van der Waals surface area contributed by atoms with Crippen LogP contribution in [0.4, 0.5) is 4.39 Å². The van der Waals surface area contributed by atoms with E-state index in [1.54, 1.807) is 6.07 Å². The molecule has 0 spiro atoms. The maximum Gasteiger partial charge on any atom is 0.200 e. The van der Waals surface area contributed by atoms with Crippen LogP contribution < -0.4 is 0 Å². The summed E-state index contributed by atoms with van der Waals surface area (Å²) in [6.45, 7) is 0. The lowest BCUT2D eigenvalue weighted by Crippen LogP contribution is -1.95. The van der Waals surface area contributed by atoms with Crippen LogP contribution in [-0.2, 0) is 9.84 Å². The number of allylic oxidation sites excluding steroid dienone is 1. The zero-order valence-corrected chi connectivity index (χ0v) is 7.83. The summed E-state index contributed by atoms with van der Waals surface area (Å²) < 4.78 is 35.1. The molecule has 0 N–H and O–H groups in total. The summed E-state index contributed by atoms with van der Waals surface area (Å²) in [6, 6.07) is 5.96. The molecule has 72 valence electrons.